The van der Waals surface area contributed by atoms with Crippen LogP contribution in [-0.4, -0.2) is 27.5 Å². The number of aromatic nitrogens is 2. The minimum absolute atomic E-state index is 0.117. The van der Waals surface area contributed by atoms with Crippen LogP contribution in [0.5, 0.6) is 0 Å². The van der Waals surface area contributed by atoms with Crippen LogP contribution in [0.2, 0.25) is 5.02 Å². The Kier molecular flexibility index (Phi) is 5.62. The lowest BCUT2D eigenvalue weighted by atomic mass is 10.2. The number of aryl methyl sites for hydroxylation is 2. The average molecular weight is 446 g/mol. The molecule has 0 saturated carbocycles. The normalized spacial score (nSPS) is 13.8. The number of nitrogens with zero attached hydrogens (tertiary/aromatic N) is 2. The fourth-order valence-corrected chi connectivity index (χ4v) is 4.67. The Morgan fingerprint density at radius 1 is 1.33 bits per heavy atom. The zero-order valence-electron chi connectivity index (χ0n) is 16.5. The summed E-state index contributed by atoms with van der Waals surface area (Å²) in [5.74, 6) is -0.285. The van der Waals surface area contributed by atoms with Crippen molar-refractivity contribution in [3.63, 3.8) is 0 Å². The lowest BCUT2D eigenvalue weighted by molar-refractivity contribution is -0.129. The number of thiophene rings is 1. The number of halogens is 1. The largest absolute Gasteiger partial charge is 0.448 e. The minimum atomic E-state index is -0.978. The van der Waals surface area contributed by atoms with Crippen molar-refractivity contribution in [1.82, 2.24) is 14.9 Å². The van der Waals surface area contributed by atoms with Crippen LogP contribution >= 0.6 is 22.9 Å². The Morgan fingerprint density at radius 2 is 2.07 bits per heavy atom. The third-order valence-electron chi connectivity index (χ3n) is 5.13. The second-order valence-electron chi connectivity index (χ2n) is 7.22. The molecule has 9 heteroatoms. The summed E-state index contributed by atoms with van der Waals surface area (Å²) in [5.41, 5.74) is 1.31. The summed E-state index contributed by atoms with van der Waals surface area (Å²) in [6.45, 7) is 4.17. The van der Waals surface area contributed by atoms with E-state index in [1.807, 2.05) is 12.1 Å². The Balaban J connectivity index is 1.46. The number of carbonyl (C=O) groups is 2. The molecule has 1 aliphatic rings. The molecule has 0 saturated heterocycles. The molecule has 1 aromatic carbocycles. The number of hydrogen-bond donors (Lipinski definition) is 1. The van der Waals surface area contributed by atoms with Crippen molar-refractivity contribution in [2.45, 2.75) is 45.9 Å². The van der Waals surface area contributed by atoms with E-state index >= 15 is 0 Å². The van der Waals surface area contributed by atoms with Gasteiger partial charge in [0.1, 0.15) is 15.5 Å². The van der Waals surface area contributed by atoms with Crippen molar-refractivity contribution >= 4 is 45.0 Å². The lowest BCUT2D eigenvalue weighted by Gasteiger charge is -2.13. The molecule has 1 aliphatic heterocycles. The van der Waals surface area contributed by atoms with Crippen LogP contribution in [0, 0.1) is 6.92 Å². The van der Waals surface area contributed by atoms with Crippen LogP contribution in [0.25, 0.3) is 10.2 Å². The summed E-state index contributed by atoms with van der Waals surface area (Å²) in [7, 11) is 0. The molecule has 3 aromatic rings. The standard InChI is InChI=1S/C21H20ClN3O4S/c1-11-16-19(24-15-4-3-9-25(15)20(16)27)30-17(11)21(28)29-12(2)18(26)23-10-13-5-7-14(22)8-6-13/h5-8,12H,3-4,9-10H2,1-2H3,(H,23,26). The Morgan fingerprint density at radius 3 is 2.80 bits per heavy atom. The first-order chi connectivity index (χ1) is 14.3. The predicted octanol–water partition coefficient (Wildman–Crippen LogP) is 3.23. The van der Waals surface area contributed by atoms with Crippen LogP contribution in [0.1, 0.15) is 40.0 Å². The van der Waals surface area contributed by atoms with Gasteiger partial charge in [0.25, 0.3) is 11.5 Å². The van der Waals surface area contributed by atoms with Gasteiger partial charge in [0.05, 0.1) is 5.39 Å². The van der Waals surface area contributed by atoms with E-state index in [-0.39, 0.29) is 5.56 Å². The number of hydrogen-bond acceptors (Lipinski definition) is 6. The second-order valence-corrected chi connectivity index (χ2v) is 8.65. The molecule has 1 N–H and O–H groups in total. The Labute approximate surface area is 181 Å². The quantitative estimate of drug-likeness (QED) is 0.609. The molecule has 156 valence electrons. The molecule has 0 fully saturated rings. The maximum Gasteiger partial charge on any atom is 0.349 e. The van der Waals surface area contributed by atoms with E-state index in [0.717, 1.165) is 35.6 Å². The van der Waals surface area contributed by atoms with Gasteiger partial charge >= 0.3 is 5.97 Å². The molecule has 1 unspecified atom stereocenters. The third-order valence-corrected chi connectivity index (χ3v) is 6.55. The van der Waals surface area contributed by atoms with Crippen LogP contribution < -0.4 is 10.9 Å². The van der Waals surface area contributed by atoms with Crippen molar-refractivity contribution in [2.75, 3.05) is 0 Å². The summed E-state index contributed by atoms with van der Waals surface area (Å²) in [6.07, 6.45) is 0.677. The summed E-state index contributed by atoms with van der Waals surface area (Å²) >= 11 is 6.99. The minimum Gasteiger partial charge on any atom is -0.448 e. The van der Waals surface area contributed by atoms with Gasteiger partial charge in [-0.05, 0) is 43.5 Å². The van der Waals surface area contributed by atoms with Crippen LogP contribution in [0.15, 0.2) is 29.1 Å². The first-order valence-corrected chi connectivity index (χ1v) is 10.8. The van der Waals surface area contributed by atoms with Gasteiger partial charge in [-0.25, -0.2) is 9.78 Å². The van der Waals surface area contributed by atoms with Crippen molar-refractivity contribution in [2.24, 2.45) is 0 Å². The maximum atomic E-state index is 12.8. The van der Waals surface area contributed by atoms with E-state index in [4.69, 9.17) is 16.3 Å². The number of benzene rings is 1. The number of carbonyl (C=O) groups excluding carboxylic acids is 2. The van der Waals surface area contributed by atoms with E-state index in [2.05, 4.69) is 10.3 Å². The monoisotopic (exact) mass is 445 g/mol. The Hall–Kier alpha value is -2.71. The molecule has 30 heavy (non-hydrogen) atoms. The highest BCUT2D eigenvalue weighted by atomic mass is 35.5. The Bertz CT molecular complexity index is 1200. The van der Waals surface area contributed by atoms with Gasteiger partial charge in [-0.15, -0.1) is 11.3 Å². The zero-order chi connectivity index (χ0) is 21.4. The summed E-state index contributed by atoms with van der Waals surface area (Å²) in [5, 5.41) is 3.81. The highest BCUT2D eigenvalue weighted by Gasteiger charge is 2.26. The number of ether oxygens (including phenoxy) is 1. The molecule has 0 aliphatic carbocycles. The molecular weight excluding hydrogens is 426 g/mol. The van der Waals surface area contributed by atoms with Crippen molar-refractivity contribution < 1.29 is 14.3 Å². The van der Waals surface area contributed by atoms with Crippen LogP contribution in [-0.2, 0) is 29.0 Å². The van der Waals surface area contributed by atoms with Gasteiger partial charge in [0.15, 0.2) is 6.10 Å². The van der Waals surface area contributed by atoms with E-state index in [1.165, 1.54) is 6.92 Å². The molecular formula is C21H20ClN3O4S. The van der Waals surface area contributed by atoms with Crippen molar-refractivity contribution in [1.29, 1.82) is 0 Å². The SMILES string of the molecule is Cc1c(C(=O)OC(C)C(=O)NCc2ccc(Cl)cc2)sc2nc3n(c(=O)c12)CCC3. The van der Waals surface area contributed by atoms with E-state index in [9.17, 15) is 14.4 Å². The maximum absolute atomic E-state index is 12.8. The van der Waals surface area contributed by atoms with E-state index in [1.54, 1.807) is 23.6 Å². The fourth-order valence-electron chi connectivity index (χ4n) is 3.47. The smallest absolute Gasteiger partial charge is 0.349 e. The van der Waals surface area contributed by atoms with Crippen LogP contribution in [0.4, 0.5) is 0 Å². The summed E-state index contributed by atoms with van der Waals surface area (Å²) < 4.78 is 7.03. The fraction of sp³-hybridized carbons (Fsp3) is 0.333. The van der Waals surface area contributed by atoms with E-state index in [0.29, 0.717) is 38.8 Å². The summed E-state index contributed by atoms with van der Waals surface area (Å²) in [6, 6.07) is 7.10. The highest BCUT2D eigenvalue weighted by molar-refractivity contribution is 7.20. The predicted molar refractivity (Wildman–Crippen MR) is 115 cm³/mol. The number of amides is 1. The van der Waals surface area contributed by atoms with Crippen molar-refractivity contribution in [3.8, 4) is 0 Å². The average Bonchev–Trinajstić information content (AvgIpc) is 3.32. The second kappa shape index (κ2) is 8.20. The molecule has 0 radical (unpaired) electrons. The number of esters is 1. The van der Waals surface area contributed by atoms with Gasteiger partial charge in [0, 0.05) is 24.5 Å². The molecule has 7 nitrogen and oxygen atoms in total. The molecule has 1 atom stereocenters. The molecule has 1 amide bonds. The number of rotatable bonds is 5. The van der Waals surface area contributed by atoms with Crippen LogP contribution in [0.3, 0.4) is 0 Å². The number of nitrogens with one attached hydrogen (secondary N) is 1. The molecule has 0 spiro atoms. The molecule has 4 rings (SSSR count). The lowest BCUT2D eigenvalue weighted by Crippen LogP contribution is -2.35. The summed E-state index contributed by atoms with van der Waals surface area (Å²) in [4.78, 5) is 43.1. The zero-order valence-corrected chi connectivity index (χ0v) is 18.1. The van der Waals surface area contributed by atoms with E-state index < -0.39 is 18.0 Å². The molecule has 2 aromatic heterocycles. The highest BCUT2D eigenvalue weighted by Crippen LogP contribution is 2.29. The topological polar surface area (TPSA) is 90.3 Å². The van der Waals surface area contributed by atoms with Gasteiger partial charge in [-0.1, -0.05) is 23.7 Å². The number of fused-ring (bicyclic) bond motifs is 2. The first kappa shape index (κ1) is 20.6. The van der Waals surface area contributed by atoms with Crippen molar-refractivity contribution in [3.05, 3.63) is 61.5 Å². The van der Waals surface area contributed by atoms with Gasteiger partial charge in [0.2, 0.25) is 0 Å². The van der Waals surface area contributed by atoms with Gasteiger partial charge in [-0.3, -0.25) is 14.2 Å². The third kappa shape index (κ3) is 3.85. The van der Waals surface area contributed by atoms with Gasteiger partial charge in [-0.2, -0.15) is 0 Å². The van der Waals surface area contributed by atoms with Gasteiger partial charge < -0.3 is 10.1 Å². The first-order valence-electron chi connectivity index (χ1n) is 9.61. The molecule has 3 heterocycles. The molecule has 0 bridgehead atoms.